The Bertz CT molecular complexity index is 1200. The summed E-state index contributed by atoms with van der Waals surface area (Å²) >= 11 is 1.29. The number of aromatic nitrogens is 5. The second-order valence-corrected chi connectivity index (χ2v) is 8.92. The number of rotatable bonds is 4. The van der Waals surface area contributed by atoms with Gasteiger partial charge < -0.3 is 9.73 Å². The predicted octanol–water partition coefficient (Wildman–Crippen LogP) is 4.55. The third kappa shape index (κ3) is 3.88. The van der Waals surface area contributed by atoms with Crippen LogP contribution in [0.3, 0.4) is 0 Å². The molecule has 0 bridgehead atoms. The van der Waals surface area contributed by atoms with Gasteiger partial charge in [0.2, 0.25) is 0 Å². The molecule has 0 fully saturated rings. The van der Waals surface area contributed by atoms with E-state index in [9.17, 15) is 4.79 Å². The Morgan fingerprint density at radius 2 is 1.90 bits per heavy atom. The first-order chi connectivity index (χ1) is 14.2. The zero-order valence-corrected chi connectivity index (χ0v) is 18.2. The maximum absolute atomic E-state index is 13.1. The monoisotopic (exact) mass is 422 g/mol. The molecule has 1 N–H and O–H groups in total. The van der Waals surface area contributed by atoms with Gasteiger partial charge in [-0.05, 0) is 32.0 Å². The Morgan fingerprint density at radius 1 is 1.17 bits per heavy atom. The van der Waals surface area contributed by atoms with Crippen molar-refractivity contribution in [3.05, 3.63) is 58.7 Å². The standard InChI is InChI=1S/C21H22N6O2S/c1-12-7-8-14(29-12)19-24-13(2)17(30-19)18(28)25-16-11-15(21(3,4)5)26-27(16)20-22-9-6-10-23-20/h6-11H,1-5H3,(H,25,28). The lowest BCUT2D eigenvalue weighted by Gasteiger charge is -2.13. The van der Waals surface area contributed by atoms with Gasteiger partial charge in [-0.1, -0.05) is 20.8 Å². The number of aryl methyl sites for hydroxylation is 2. The minimum absolute atomic E-state index is 0.204. The largest absolute Gasteiger partial charge is 0.459 e. The van der Waals surface area contributed by atoms with Crippen molar-refractivity contribution in [3.8, 4) is 16.7 Å². The van der Waals surface area contributed by atoms with Crippen LogP contribution in [0.25, 0.3) is 16.7 Å². The lowest BCUT2D eigenvalue weighted by molar-refractivity contribution is 0.102. The third-order valence-electron chi connectivity index (χ3n) is 4.41. The van der Waals surface area contributed by atoms with E-state index in [1.165, 1.54) is 11.3 Å². The predicted molar refractivity (Wildman–Crippen MR) is 115 cm³/mol. The highest BCUT2D eigenvalue weighted by Crippen LogP contribution is 2.31. The van der Waals surface area contributed by atoms with Crippen molar-refractivity contribution in [2.24, 2.45) is 0 Å². The van der Waals surface area contributed by atoms with E-state index in [0.717, 1.165) is 11.5 Å². The van der Waals surface area contributed by atoms with Crippen LogP contribution in [0, 0.1) is 13.8 Å². The van der Waals surface area contributed by atoms with E-state index in [-0.39, 0.29) is 11.3 Å². The molecule has 0 atom stereocenters. The molecule has 9 heteroatoms. The molecule has 4 rings (SSSR count). The number of carbonyl (C=O) groups is 1. The highest BCUT2D eigenvalue weighted by atomic mass is 32.1. The van der Waals surface area contributed by atoms with E-state index < -0.39 is 0 Å². The highest BCUT2D eigenvalue weighted by Gasteiger charge is 2.24. The zero-order valence-electron chi connectivity index (χ0n) is 17.4. The van der Waals surface area contributed by atoms with Gasteiger partial charge in [0.05, 0.1) is 11.4 Å². The topological polar surface area (TPSA) is 98.7 Å². The molecule has 0 spiro atoms. The first-order valence-electron chi connectivity index (χ1n) is 9.46. The second-order valence-electron chi connectivity index (χ2n) is 7.92. The number of thiazole rings is 1. The van der Waals surface area contributed by atoms with Gasteiger partial charge in [-0.3, -0.25) is 4.79 Å². The van der Waals surface area contributed by atoms with Crippen molar-refractivity contribution >= 4 is 23.1 Å². The number of amides is 1. The van der Waals surface area contributed by atoms with Crippen LogP contribution in [-0.4, -0.2) is 30.6 Å². The lowest BCUT2D eigenvalue weighted by Crippen LogP contribution is -2.16. The summed E-state index contributed by atoms with van der Waals surface area (Å²) in [6, 6.07) is 7.31. The molecular formula is C21H22N6O2S. The maximum atomic E-state index is 13.1. The molecule has 0 saturated heterocycles. The van der Waals surface area contributed by atoms with E-state index in [4.69, 9.17) is 4.42 Å². The average molecular weight is 423 g/mol. The number of carbonyl (C=O) groups excluding carboxylic acids is 1. The van der Waals surface area contributed by atoms with E-state index in [2.05, 4.69) is 46.1 Å². The Kier molecular flexibility index (Phi) is 4.98. The fourth-order valence-corrected chi connectivity index (χ4v) is 3.75. The Hall–Kier alpha value is -3.33. The summed E-state index contributed by atoms with van der Waals surface area (Å²) in [7, 11) is 0. The smallest absolute Gasteiger partial charge is 0.268 e. The molecule has 30 heavy (non-hydrogen) atoms. The minimum atomic E-state index is -0.267. The molecule has 0 unspecified atom stereocenters. The van der Waals surface area contributed by atoms with Crippen LogP contribution < -0.4 is 5.32 Å². The Morgan fingerprint density at radius 3 is 2.53 bits per heavy atom. The van der Waals surface area contributed by atoms with Gasteiger partial charge in [0.1, 0.15) is 16.5 Å². The summed E-state index contributed by atoms with van der Waals surface area (Å²) in [5, 5.41) is 8.24. The molecular weight excluding hydrogens is 400 g/mol. The maximum Gasteiger partial charge on any atom is 0.268 e. The summed E-state index contributed by atoms with van der Waals surface area (Å²) < 4.78 is 7.19. The van der Waals surface area contributed by atoms with E-state index in [1.54, 1.807) is 23.1 Å². The van der Waals surface area contributed by atoms with Crippen LogP contribution in [0.4, 0.5) is 5.82 Å². The summed E-state index contributed by atoms with van der Waals surface area (Å²) in [4.78, 5) is 26.6. The fraction of sp³-hybridized carbons (Fsp3) is 0.286. The summed E-state index contributed by atoms with van der Waals surface area (Å²) in [6.45, 7) is 9.85. The van der Waals surface area contributed by atoms with Crippen molar-refractivity contribution in [2.45, 2.75) is 40.0 Å². The van der Waals surface area contributed by atoms with Crippen molar-refractivity contribution in [3.63, 3.8) is 0 Å². The zero-order chi connectivity index (χ0) is 21.5. The van der Waals surface area contributed by atoms with Crippen molar-refractivity contribution in [1.82, 2.24) is 24.7 Å². The van der Waals surface area contributed by atoms with Gasteiger partial charge in [-0.15, -0.1) is 11.3 Å². The minimum Gasteiger partial charge on any atom is -0.459 e. The molecule has 4 aromatic rings. The van der Waals surface area contributed by atoms with Gasteiger partial charge in [-0.2, -0.15) is 9.78 Å². The number of anilines is 1. The first-order valence-corrected chi connectivity index (χ1v) is 10.3. The Labute approximate surface area is 178 Å². The quantitative estimate of drug-likeness (QED) is 0.518. The molecule has 0 aliphatic heterocycles. The summed E-state index contributed by atoms with van der Waals surface area (Å²) in [5.74, 6) is 2.06. The molecule has 4 heterocycles. The molecule has 0 aliphatic rings. The van der Waals surface area contributed by atoms with Gasteiger partial charge >= 0.3 is 0 Å². The molecule has 1 amide bonds. The SMILES string of the molecule is Cc1ccc(-c2nc(C)c(C(=O)Nc3cc(C(C)(C)C)nn3-c3ncccn3)s2)o1. The van der Waals surface area contributed by atoms with Crippen LogP contribution in [0.1, 0.15) is 47.6 Å². The van der Waals surface area contributed by atoms with Crippen LogP contribution in [0.15, 0.2) is 41.1 Å². The van der Waals surface area contributed by atoms with Gasteiger partial charge in [0, 0.05) is 23.9 Å². The molecule has 0 radical (unpaired) electrons. The van der Waals surface area contributed by atoms with Gasteiger partial charge in [-0.25, -0.2) is 15.0 Å². The van der Waals surface area contributed by atoms with Crippen molar-refractivity contribution in [1.29, 1.82) is 0 Å². The number of furan rings is 1. The summed E-state index contributed by atoms with van der Waals surface area (Å²) in [5.41, 5.74) is 1.25. The summed E-state index contributed by atoms with van der Waals surface area (Å²) in [6.07, 6.45) is 3.27. The average Bonchev–Trinajstić information content (AvgIpc) is 3.40. The second kappa shape index (κ2) is 7.49. The number of nitrogens with zero attached hydrogens (tertiary/aromatic N) is 5. The molecule has 8 nitrogen and oxygen atoms in total. The van der Waals surface area contributed by atoms with Crippen molar-refractivity contribution in [2.75, 3.05) is 5.32 Å². The van der Waals surface area contributed by atoms with E-state index >= 15 is 0 Å². The number of nitrogens with one attached hydrogen (secondary N) is 1. The molecule has 0 saturated carbocycles. The van der Waals surface area contributed by atoms with Crippen LogP contribution in [0.2, 0.25) is 0 Å². The Balaban J connectivity index is 1.68. The molecule has 154 valence electrons. The van der Waals surface area contributed by atoms with E-state index in [1.807, 2.05) is 32.0 Å². The number of hydrogen-bond acceptors (Lipinski definition) is 7. The van der Waals surface area contributed by atoms with Gasteiger partial charge in [0.25, 0.3) is 11.9 Å². The first kappa shape index (κ1) is 20.0. The van der Waals surface area contributed by atoms with E-state index in [0.29, 0.717) is 33.1 Å². The molecule has 0 aromatic carbocycles. The highest BCUT2D eigenvalue weighted by molar-refractivity contribution is 7.17. The normalized spacial score (nSPS) is 11.6. The molecule has 4 aromatic heterocycles. The van der Waals surface area contributed by atoms with Crippen LogP contribution in [0.5, 0.6) is 0 Å². The fourth-order valence-electron chi connectivity index (χ4n) is 2.82. The molecule has 0 aliphatic carbocycles. The lowest BCUT2D eigenvalue weighted by atomic mass is 9.92. The van der Waals surface area contributed by atoms with Crippen LogP contribution >= 0.6 is 11.3 Å². The third-order valence-corrected chi connectivity index (χ3v) is 5.59. The van der Waals surface area contributed by atoms with Crippen molar-refractivity contribution < 1.29 is 9.21 Å². The number of hydrogen-bond donors (Lipinski definition) is 1. The van der Waals surface area contributed by atoms with Crippen LogP contribution in [-0.2, 0) is 5.41 Å². The van der Waals surface area contributed by atoms with Gasteiger partial charge in [0.15, 0.2) is 10.8 Å².